The molecule has 0 aliphatic rings. The van der Waals surface area contributed by atoms with Crippen molar-refractivity contribution in [1.82, 2.24) is 10.3 Å². The Kier molecular flexibility index (Phi) is 4.15. The number of nitrogens with one attached hydrogen (secondary N) is 1. The molecule has 1 heterocycles. The van der Waals surface area contributed by atoms with Crippen molar-refractivity contribution in [2.24, 2.45) is 0 Å². The van der Waals surface area contributed by atoms with Crippen LogP contribution in [0.3, 0.4) is 0 Å². The van der Waals surface area contributed by atoms with Gasteiger partial charge in [-0.05, 0) is 31.0 Å². The molecule has 2 heteroatoms. The van der Waals surface area contributed by atoms with Crippen molar-refractivity contribution in [2.75, 3.05) is 0 Å². The zero-order valence-corrected chi connectivity index (χ0v) is 8.75. The molecule has 1 rings (SSSR count). The molecule has 2 nitrogen and oxygen atoms in total. The number of pyridine rings is 1. The lowest BCUT2D eigenvalue weighted by Crippen LogP contribution is -2.25. The third-order valence-electron chi connectivity index (χ3n) is 2.21. The van der Waals surface area contributed by atoms with Crippen molar-refractivity contribution >= 4 is 0 Å². The number of rotatable bonds is 4. The monoisotopic (exact) mass is 188 g/mol. The van der Waals surface area contributed by atoms with Crippen LogP contribution in [0, 0.1) is 19.3 Å². The van der Waals surface area contributed by atoms with Crippen LogP contribution in [-0.2, 0) is 6.54 Å². The maximum atomic E-state index is 5.23. The summed E-state index contributed by atoms with van der Waals surface area (Å²) in [4.78, 5) is 4.09. The fourth-order valence-corrected chi connectivity index (χ4v) is 1.21. The molecule has 1 atom stereocenters. The van der Waals surface area contributed by atoms with Gasteiger partial charge in [0, 0.05) is 31.4 Å². The second-order valence-electron chi connectivity index (χ2n) is 3.49. The molecule has 0 bridgehead atoms. The highest BCUT2D eigenvalue weighted by atomic mass is 14.9. The molecule has 1 aromatic heterocycles. The molecule has 14 heavy (non-hydrogen) atoms. The molecule has 0 aromatic carbocycles. The first kappa shape index (κ1) is 10.7. The lowest BCUT2D eigenvalue weighted by Gasteiger charge is -2.11. The third kappa shape index (κ3) is 3.20. The molecular formula is C12H16N2. The van der Waals surface area contributed by atoms with Crippen LogP contribution in [0.1, 0.15) is 24.5 Å². The second kappa shape index (κ2) is 5.41. The van der Waals surface area contributed by atoms with E-state index in [4.69, 9.17) is 6.42 Å². The molecule has 1 unspecified atom stereocenters. The summed E-state index contributed by atoms with van der Waals surface area (Å²) in [6.45, 7) is 5.01. The standard InChI is InChI=1S/C12H16N2/c1-4-5-11(3)14-9-12-8-13-7-6-10(12)2/h1,6-8,11,14H,5,9H2,2-3H3. The predicted molar refractivity (Wildman–Crippen MR) is 58.7 cm³/mol. The molecule has 0 saturated heterocycles. The molecule has 0 aliphatic carbocycles. The van der Waals surface area contributed by atoms with Gasteiger partial charge in [-0.1, -0.05) is 0 Å². The third-order valence-corrected chi connectivity index (χ3v) is 2.21. The van der Waals surface area contributed by atoms with Crippen LogP contribution in [0.15, 0.2) is 18.5 Å². The van der Waals surface area contributed by atoms with E-state index in [0.717, 1.165) is 13.0 Å². The van der Waals surface area contributed by atoms with Crippen molar-refractivity contribution < 1.29 is 0 Å². The lowest BCUT2D eigenvalue weighted by molar-refractivity contribution is 0.557. The summed E-state index contributed by atoms with van der Waals surface area (Å²) in [6, 6.07) is 2.38. The van der Waals surface area contributed by atoms with Crippen LogP contribution < -0.4 is 5.32 Å². The molecule has 1 N–H and O–H groups in total. The SMILES string of the molecule is C#CCC(C)NCc1cnccc1C. The van der Waals surface area contributed by atoms with Gasteiger partial charge in [0.15, 0.2) is 0 Å². The number of aryl methyl sites for hydroxylation is 1. The second-order valence-corrected chi connectivity index (χ2v) is 3.49. The zero-order chi connectivity index (χ0) is 10.4. The average molecular weight is 188 g/mol. The maximum absolute atomic E-state index is 5.23. The van der Waals surface area contributed by atoms with Gasteiger partial charge in [-0.2, -0.15) is 0 Å². The Bertz CT molecular complexity index is 325. The highest BCUT2D eigenvalue weighted by Crippen LogP contribution is 2.04. The molecule has 0 saturated carbocycles. The van der Waals surface area contributed by atoms with E-state index in [2.05, 4.69) is 30.1 Å². The first-order chi connectivity index (χ1) is 6.74. The van der Waals surface area contributed by atoms with Crippen molar-refractivity contribution in [2.45, 2.75) is 32.9 Å². The number of aromatic nitrogens is 1. The van der Waals surface area contributed by atoms with Crippen molar-refractivity contribution in [1.29, 1.82) is 0 Å². The quantitative estimate of drug-likeness (QED) is 0.730. The Hall–Kier alpha value is -1.33. The number of terminal acetylenes is 1. The van der Waals surface area contributed by atoms with E-state index in [1.54, 1.807) is 0 Å². The summed E-state index contributed by atoms with van der Waals surface area (Å²) >= 11 is 0. The molecule has 0 radical (unpaired) electrons. The molecule has 0 aliphatic heterocycles. The van der Waals surface area contributed by atoms with Gasteiger partial charge in [-0.25, -0.2) is 0 Å². The Morgan fingerprint density at radius 1 is 1.64 bits per heavy atom. The van der Waals surface area contributed by atoms with Crippen molar-refractivity contribution in [3.8, 4) is 12.3 Å². The normalized spacial score (nSPS) is 12.1. The Labute approximate surface area is 85.8 Å². The van der Waals surface area contributed by atoms with E-state index >= 15 is 0 Å². The van der Waals surface area contributed by atoms with Gasteiger partial charge in [0.2, 0.25) is 0 Å². The molecular weight excluding hydrogens is 172 g/mol. The predicted octanol–water partition coefficient (Wildman–Crippen LogP) is 1.89. The fraction of sp³-hybridized carbons (Fsp3) is 0.417. The van der Waals surface area contributed by atoms with Crippen LogP contribution in [0.2, 0.25) is 0 Å². The summed E-state index contributed by atoms with van der Waals surface area (Å²) in [6.07, 6.45) is 9.69. The van der Waals surface area contributed by atoms with Gasteiger partial charge in [0.25, 0.3) is 0 Å². The van der Waals surface area contributed by atoms with Gasteiger partial charge in [-0.15, -0.1) is 12.3 Å². The molecule has 0 amide bonds. The van der Waals surface area contributed by atoms with Crippen molar-refractivity contribution in [3.63, 3.8) is 0 Å². The van der Waals surface area contributed by atoms with E-state index in [9.17, 15) is 0 Å². The van der Waals surface area contributed by atoms with Crippen LogP contribution in [0.5, 0.6) is 0 Å². The first-order valence-corrected chi connectivity index (χ1v) is 4.80. The summed E-state index contributed by atoms with van der Waals surface area (Å²) in [7, 11) is 0. The van der Waals surface area contributed by atoms with Gasteiger partial charge in [-0.3, -0.25) is 4.98 Å². The maximum Gasteiger partial charge on any atom is 0.0315 e. The summed E-state index contributed by atoms with van der Waals surface area (Å²) in [5.74, 6) is 2.64. The summed E-state index contributed by atoms with van der Waals surface area (Å²) in [5.41, 5.74) is 2.50. The minimum absolute atomic E-state index is 0.361. The molecule has 74 valence electrons. The topological polar surface area (TPSA) is 24.9 Å². The molecule has 1 aromatic rings. The van der Waals surface area contributed by atoms with Gasteiger partial charge in [0.05, 0.1) is 0 Å². The van der Waals surface area contributed by atoms with Crippen LogP contribution >= 0.6 is 0 Å². The van der Waals surface area contributed by atoms with E-state index in [0.29, 0.717) is 6.04 Å². The van der Waals surface area contributed by atoms with E-state index in [-0.39, 0.29) is 0 Å². The Morgan fingerprint density at radius 2 is 2.43 bits per heavy atom. The summed E-state index contributed by atoms with van der Waals surface area (Å²) in [5, 5.41) is 3.36. The molecule has 0 spiro atoms. The highest BCUT2D eigenvalue weighted by Gasteiger charge is 2.01. The van der Waals surface area contributed by atoms with E-state index in [1.807, 2.05) is 18.5 Å². The smallest absolute Gasteiger partial charge is 0.0315 e. The largest absolute Gasteiger partial charge is 0.309 e. The fourth-order valence-electron chi connectivity index (χ4n) is 1.21. The van der Waals surface area contributed by atoms with Crippen LogP contribution in [0.4, 0.5) is 0 Å². The molecule has 0 fully saturated rings. The van der Waals surface area contributed by atoms with Crippen molar-refractivity contribution in [3.05, 3.63) is 29.6 Å². The minimum Gasteiger partial charge on any atom is -0.309 e. The van der Waals surface area contributed by atoms with Gasteiger partial charge >= 0.3 is 0 Å². The summed E-state index contributed by atoms with van der Waals surface area (Å²) < 4.78 is 0. The lowest BCUT2D eigenvalue weighted by atomic mass is 10.1. The minimum atomic E-state index is 0.361. The van der Waals surface area contributed by atoms with Crippen LogP contribution in [-0.4, -0.2) is 11.0 Å². The van der Waals surface area contributed by atoms with Crippen LogP contribution in [0.25, 0.3) is 0 Å². The van der Waals surface area contributed by atoms with Gasteiger partial charge in [0.1, 0.15) is 0 Å². The Balaban J connectivity index is 2.46. The van der Waals surface area contributed by atoms with Gasteiger partial charge < -0.3 is 5.32 Å². The number of hydrogen-bond donors (Lipinski definition) is 1. The van der Waals surface area contributed by atoms with E-state index in [1.165, 1.54) is 11.1 Å². The highest BCUT2D eigenvalue weighted by molar-refractivity contribution is 5.21. The van der Waals surface area contributed by atoms with E-state index < -0.39 is 0 Å². The zero-order valence-electron chi connectivity index (χ0n) is 8.75. The number of nitrogens with zero attached hydrogens (tertiary/aromatic N) is 1. The first-order valence-electron chi connectivity index (χ1n) is 4.80. The average Bonchev–Trinajstić information content (AvgIpc) is 2.17. The number of hydrogen-bond acceptors (Lipinski definition) is 2. The Morgan fingerprint density at radius 3 is 3.07 bits per heavy atom.